The number of hydrogen-bond donors (Lipinski definition) is 1. The van der Waals surface area contributed by atoms with E-state index in [1.165, 1.54) is 22.4 Å². The van der Waals surface area contributed by atoms with E-state index >= 15 is 0 Å². The number of nitrogens with two attached hydrogens (primary N) is 1. The van der Waals surface area contributed by atoms with Crippen LogP contribution in [0.4, 0.5) is 0 Å². The number of piperidine rings is 1. The molecule has 1 aliphatic heterocycles. The van der Waals surface area contributed by atoms with Crippen LogP contribution in [-0.4, -0.2) is 33.8 Å². The van der Waals surface area contributed by atoms with E-state index in [4.69, 9.17) is 10.8 Å². The number of nitrogens with zero attached hydrogens (tertiary/aromatic N) is 3. The lowest BCUT2D eigenvalue weighted by Gasteiger charge is -2.42. The van der Waals surface area contributed by atoms with Gasteiger partial charge < -0.3 is 5.73 Å². The maximum Gasteiger partial charge on any atom is 0.0662 e. The zero-order valence-corrected chi connectivity index (χ0v) is 16.3. The monoisotopic (exact) mass is 340 g/mol. The highest BCUT2D eigenvalue weighted by atomic mass is 15.3. The molecular formula is C21H32N4. The molecule has 25 heavy (non-hydrogen) atoms. The largest absolute Gasteiger partial charge is 0.327 e. The first-order valence-corrected chi connectivity index (χ1v) is 9.32. The Balaban J connectivity index is 1.75. The van der Waals surface area contributed by atoms with Crippen LogP contribution < -0.4 is 5.73 Å². The Hall–Kier alpha value is -1.65. The quantitative estimate of drug-likeness (QED) is 0.928. The van der Waals surface area contributed by atoms with E-state index in [0.29, 0.717) is 6.04 Å². The fourth-order valence-electron chi connectivity index (χ4n) is 3.83. The van der Waals surface area contributed by atoms with Gasteiger partial charge in [-0.1, -0.05) is 43.7 Å². The van der Waals surface area contributed by atoms with Crippen LogP contribution in [0, 0.1) is 26.2 Å². The number of aryl methyl sites for hydroxylation is 2. The molecule has 3 rings (SSSR count). The average Bonchev–Trinajstić information content (AvgIpc) is 2.80. The van der Waals surface area contributed by atoms with E-state index in [9.17, 15) is 0 Å². The summed E-state index contributed by atoms with van der Waals surface area (Å²) in [5.41, 5.74) is 12.9. The minimum atomic E-state index is 0.179. The van der Waals surface area contributed by atoms with Gasteiger partial charge in [0.1, 0.15) is 0 Å². The summed E-state index contributed by atoms with van der Waals surface area (Å²) in [5.74, 6) is 0. The van der Waals surface area contributed by atoms with Crippen LogP contribution >= 0.6 is 0 Å². The van der Waals surface area contributed by atoms with E-state index in [0.717, 1.165) is 38.3 Å². The lowest BCUT2D eigenvalue weighted by molar-refractivity contribution is 0.0895. The molecule has 136 valence electrons. The topological polar surface area (TPSA) is 47.1 Å². The van der Waals surface area contributed by atoms with Gasteiger partial charge in [-0.2, -0.15) is 5.10 Å². The van der Waals surface area contributed by atoms with Crippen LogP contribution in [0.25, 0.3) is 0 Å². The summed E-state index contributed by atoms with van der Waals surface area (Å²) in [4.78, 5) is 2.54. The molecule has 1 saturated heterocycles. The Morgan fingerprint density at radius 2 is 1.80 bits per heavy atom. The SMILES string of the molecule is Cc1ccc(Cn2nc(C)c(CN3CCC(N)C(C)(C)C3)c2C)cc1. The Bertz CT molecular complexity index is 727. The average molecular weight is 341 g/mol. The van der Waals surface area contributed by atoms with E-state index in [2.05, 4.69) is 68.5 Å². The maximum atomic E-state index is 6.29. The van der Waals surface area contributed by atoms with Gasteiger partial charge in [0.15, 0.2) is 0 Å². The summed E-state index contributed by atoms with van der Waals surface area (Å²) in [7, 11) is 0. The van der Waals surface area contributed by atoms with Crippen molar-refractivity contribution in [3.8, 4) is 0 Å². The number of rotatable bonds is 4. The molecule has 1 aliphatic rings. The van der Waals surface area contributed by atoms with Crippen molar-refractivity contribution in [2.24, 2.45) is 11.1 Å². The third kappa shape index (κ3) is 3.96. The molecule has 4 nitrogen and oxygen atoms in total. The predicted octanol–water partition coefficient (Wildman–Crippen LogP) is 3.42. The van der Waals surface area contributed by atoms with Crippen molar-refractivity contribution < 1.29 is 0 Å². The number of likely N-dealkylation sites (tertiary alicyclic amines) is 1. The van der Waals surface area contributed by atoms with Crippen molar-refractivity contribution in [1.82, 2.24) is 14.7 Å². The summed E-state index contributed by atoms with van der Waals surface area (Å²) in [5, 5.41) is 4.81. The molecule has 0 spiro atoms. The van der Waals surface area contributed by atoms with Crippen molar-refractivity contribution in [3.05, 3.63) is 52.3 Å². The molecule has 0 aliphatic carbocycles. The van der Waals surface area contributed by atoms with Crippen LogP contribution in [0.2, 0.25) is 0 Å². The zero-order chi connectivity index (χ0) is 18.2. The molecule has 1 aromatic carbocycles. The van der Waals surface area contributed by atoms with Crippen molar-refractivity contribution in [1.29, 1.82) is 0 Å². The molecule has 0 radical (unpaired) electrons. The highest BCUT2D eigenvalue weighted by molar-refractivity contribution is 5.27. The molecule has 0 amide bonds. The molecule has 4 heteroatoms. The number of aromatic nitrogens is 2. The van der Waals surface area contributed by atoms with Gasteiger partial charge in [0.2, 0.25) is 0 Å². The smallest absolute Gasteiger partial charge is 0.0662 e. The van der Waals surface area contributed by atoms with E-state index in [1.54, 1.807) is 0 Å². The highest BCUT2D eigenvalue weighted by Gasteiger charge is 2.33. The van der Waals surface area contributed by atoms with Gasteiger partial charge in [0.25, 0.3) is 0 Å². The van der Waals surface area contributed by atoms with Gasteiger partial charge in [-0.15, -0.1) is 0 Å². The molecular weight excluding hydrogens is 308 g/mol. The van der Waals surface area contributed by atoms with Gasteiger partial charge >= 0.3 is 0 Å². The van der Waals surface area contributed by atoms with Crippen LogP contribution in [0.3, 0.4) is 0 Å². The lowest BCUT2D eigenvalue weighted by Crippen LogP contribution is -2.52. The first-order chi connectivity index (χ1) is 11.8. The Morgan fingerprint density at radius 1 is 1.12 bits per heavy atom. The zero-order valence-electron chi connectivity index (χ0n) is 16.3. The molecule has 2 aromatic rings. The molecule has 1 unspecified atom stereocenters. The second-order valence-corrected chi connectivity index (χ2v) is 8.39. The second-order valence-electron chi connectivity index (χ2n) is 8.39. The fraction of sp³-hybridized carbons (Fsp3) is 0.571. The van der Waals surface area contributed by atoms with Crippen LogP contribution in [0.15, 0.2) is 24.3 Å². The Kier molecular flexibility index (Phi) is 5.03. The molecule has 0 saturated carbocycles. The fourth-order valence-corrected chi connectivity index (χ4v) is 3.83. The Morgan fingerprint density at radius 3 is 2.44 bits per heavy atom. The highest BCUT2D eigenvalue weighted by Crippen LogP contribution is 2.29. The van der Waals surface area contributed by atoms with Gasteiger partial charge in [-0.3, -0.25) is 9.58 Å². The molecule has 2 N–H and O–H groups in total. The summed E-state index contributed by atoms with van der Waals surface area (Å²) < 4.78 is 2.15. The number of benzene rings is 1. The number of hydrogen-bond acceptors (Lipinski definition) is 3. The van der Waals surface area contributed by atoms with Crippen molar-refractivity contribution in [3.63, 3.8) is 0 Å². The van der Waals surface area contributed by atoms with Crippen LogP contribution in [0.1, 0.15) is 48.3 Å². The van der Waals surface area contributed by atoms with Crippen molar-refractivity contribution in [2.45, 2.75) is 60.2 Å². The molecule has 1 aromatic heterocycles. The third-order valence-electron chi connectivity index (χ3n) is 5.76. The van der Waals surface area contributed by atoms with Gasteiger partial charge in [0.05, 0.1) is 12.2 Å². The third-order valence-corrected chi connectivity index (χ3v) is 5.76. The van der Waals surface area contributed by atoms with Gasteiger partial charge in [-0.05, 0) is 38.2 Å². The van der Waals surface area contributed by atoms with Gasteiger partial charge in [-0.25, -0.2) is 0 Å². The maximum absolute atomic E-state index is 6.29. The minimum absolute atomic E-state index is 0.179. The van der Waals surface area contributed by atoms with Crippen LogP contribution in [0.5, 0.6) is 0 Å². The van der Waals surface area contributed by atoms with Crippen LogP contribution in [-0.2, 0) is 13.1 Å². The summed E-state index contributed by atoms with van der Waals surface area (Å²) >= 11 is 0. The molecule has 1 atom stereocenters. The van der Waals surface area contributed by atoms with Gasteiger partial charge in [0, 0.05) is 36.9 Å². The van der Waals surface area contributed by atoms with Crippen molar-refractivity contribution >= 4 is 0 Å². The lowest BCUT2D eigenvalue weighted by atomic mass is 9.79. The van der Waals surface area contributed by atoms with Crippen molar-refractivity contribution in [2.75, 3.05) is 13.1 Å². The Labute approximate surface area is 152 Å². The second kappa shape index (κ2) is 6.93. The first kappa shape index (κ1) is 18.2. The summed E-state index contributed by atoms with van der Waals surface area (Å²) in [6.45, 7) is 15.0. The summed E-state index contributed by atoms with van der Waals surface area (Å²) in [6.07, 6.45) is 1.07. The normalized spacial score (nSPS) is 20.8. The molecule has 2 heterocycles. The first-order valence-electron chi connectivity index (χ1n) is 9.32. The minimum Gasteiger partial charge on any atom is -0.327 e. The summed E-state index contributed by atoms with van der Waals surface area (Å²) in [6, 6.07) is 9.03. The van der Waals surface area contributed by atoms with E-state index in [1.807, 2.05) is 0 Å². The van der Waals surface area contributed by atoms with E-state index < -0.39 is 0 Å². The molecule has 1 fully saturated rings. The van der Waals surface area contributed by atoms with E-state index in [-0.39, 0.29) is 5.41 Å². The predicted molar refractivity (Wildman–Crippen MR) is 104 cm³/mol. The molecule has 0 bridgehead atoms. The standard InChI is InChI=1S/C21H32N4/c1-15-6-8-18(9-7-15)12-25-17(3)19(16(2)23-25)13-24-11-10-20(22)21(4,5)14-24/h6-9,20H,10-14,22H2,1-5H3.